The molecule has 0 spiro atoms. The van der Waals surface area contributed by atoms with Crippen molar-refractivity contribution in [1.29, 1.82) is 0 Å². The Labute approximate surface area is 121 Å². The van der Waals surface area contributed by atoms with Crippen molar-refractivity contribution >= 4 is 17.5 Å². The SMILES string of the molecule is Cc1ccccc1CC(=O)NCC(Cl)CC(C)(C)C. The van der Waals surface area contributed by atoms with Crippen molar-refractivity contribution in [3.05, 3.63) is 35.4 Å². The molecule has 1 unspecified atom stereocenters. The number of halogens is 1. The molecule has 1 aromatic rings. The maximum Gasteiger partial charge on any atom is 0.224 e. The summed E-state index contributed by atoms with van der Waals surface area (Å²) in [4.78, 5) is 11.9. The first kappa shape index (κ1) is 16.0. The molecule has 106 valence electrons. The normalized spacial score (nSPS) is 13.1. The van der Waals surface area contributed by atoms with Gasteiger partial charge in [-0.15, -0.1) is 11.6 Å². The van der Waals surface area contributed by atoms with Gasteiger partial charge in [0.25, 0.3) is 0 Å². The van der Waals surface area contributed by atoms with Gasteiger partial charge in [-0.25, -0.2) is 0 Å². The van der Waals surface area contributed by atoms with Crippen LogP contribution in [0.4, 0.5) is 0 Å². The van der Waals surface area contributed by atoms with E-state index in [4.69, 9.17) is 11.6 Å². The Balaban J connectivity index is 2.38. The molecule has 3 heteroatoms. The molecule has 0 saturated heterocycles. The van der Waals surface area contributed by atoms with E-state index in [1.165, 1.54) is 0 Å². The molecular weight excluding hydrogens is 258 g/mol. The predicted molar refractivity (Wildman–Crippen MR) is 81.6 cm³/mol. The van der Waals surface area contributed by atoms with Crippen LogP contribution >= 0.6 is 11.6 Å². The minimum absolute atomic E-state index is 0.0131. The highest BCUT2D eigenvalue weighted by molar-refractivity contribution is 6.20. The number of amides is 1. The summed E-state index contributed by atoms with van der Waals surface area (Å²) in [6.07, 6.45) is 1.31. The standard InChI is InChI=1S/C16H24ClNO/c1-12-7-5-6-8-13(12)9-15(19)18-11-14(17)10-16(2,3)4/h5-8,14H,9-11H2,1-4H3,(H,18,19). The van der Waals surface area contributed by atoms with Gasteiger partial charge >= 0.3 is 0 Å². The van der Waals surface area contributed by atoms with E-state index in [2.05, 4.69) is 26.1 Å². The van der Waals surface area contributed by atoms with E-state index in [0.29, 0.717) is 13.0 Å². The fraction of sp³-hybridized carbons (Fsp3) is 0.562. The van der Waals surface area contributed by atoms with Crippen LogP contribution in [0, 0.1) is 12.3 Å². The Morgan fingerprint density at radius 2 is 1.95 bits per heavy atom. The predicted octanol–water partition coefficient (Wildman–Crippen LogP) is 3.70. The summed E-state index contributed by atoms with van der Waals surface area (Å²) in [7, 11) is 0. The Morgan fingerprint density at radius 3 is 2.53 bits per heavy atom. The third kappa shape index (κ3) is 6.63. The molecule has 0 aromatic heterocycles. The third-order valence-electron chi connectivity index (χ3n) is 2.97. The number of aryl methyl sites for hydroxylation is 1. The van der Waals surface area contributed by atoms with Crippen molar-refractivity contribution in [1.82, 2.24) is 5.32 Å². The maximum absolute atomic E-state index is 11.9. The first-order valence-electron chi connectivity index (χ1n) is 6.73. The molecule has 1 rings (SSSR count). The number of nitrogens with one attached hydrogen (secondary N) is 1. The number of alkyl halides is 1. The summed E-state index contributed by atoms with van der Waals surface area (Å²) in [6.45, 7) is 9.00. The molecule has 0 radical (unpaired) electrons. The highest BCUT2D eigenvalue weighted by Crippen LogP contribution is 2.23. The minimum atomic E-state index is -0.0131. The molecule has 0 fully saturated rings. The summed E-state index contributed by atoms with van der Waals surface area (Å²) in [5, 5.41) is 2.90. The molecule has 1 N–H and O–H groups in total. The van der Waals surface area contributed by atoms with E-state index >= 15 is 0 Å². The van der Waals surface area contributed by atoms with E-state index in [1.807, 2.05) is 31.2 Å². The number of benzene rings is 1. The van der Waals surface area contributed by atoms with Gasteiger partial charge in [0.1, 0.15) is 0 Å². The molecule has 1 amide bonds. The molecule has 1 aromatic carbocycles. The summed E-state index contributed by atoms with van der Waals surface area (Å²) < 4.78 is 0. The lowest BCUT2D eigenvalue weighted by Crippen LogP contribution is -2.32. The minimum Gasteiger partial charge on any atom is -0.354 e. The van der Waals surface area contributed by atoms with E-state index in [1.54, 1.807) is 0 Å². The fourth-order valence-electron chi connectivity index (χ4n) is 2.01. The molecule has 0 aliphatic carbocycles. The molecule has 0 aliphatic rings. The van der Waals surface area contributed by atoms with Crippen molar-refractivity contribution < 1.29 is 4.79 Å². The van der Waals surface area contributed by atoms with Crippen molar-refractivity contribution in [2.45, 2.75) is 45.9 Å². The third-order valence-corrected chi connectivity index (χ3v) is 3.28. The van der Waals surface area contributed by atoms with E-state index in [-0.39, 0.29) is 16.7 Å². The highest BCUT2D eigenvalue weighted by Gasteiger charge is 2.17. The summed E-state index contributed by atoms with van der Waals surface area (Å²) in [5.41, 5.74) is 2.41. The molecular formula is C16H24ClNO. The van der Waals surface area contributed by atoms with Gasteiger partial charge in [0, 0.05) is 6.54 Å². The van der Waals surface area contributed by atoms with Crippen LogP contribution in [0.25, 0.3) is 0 Å². The Kier molecular flexibility index (Phi) is 5.86. The first-order chi connectivity index (χ1) is 8.78. The van der Waals surface area contributed by atoms with Crippen LogP contribution in [0.15, 0.2) is 24.3 Å². The summed E-state index contributed by atoms with van der Waals surface area (Å²) >= 11 is 6.23. The smallest absolute Gasteiger partial charge is 0.224 e. The number of hydrogen-bond donors (Lipinski definition) is 1. The van der Waals surface area contributed by atoms with Gasteiger partial charge in [-0.3, -0.25) is 4.79 Å². The summed E-state index contributed by atoms with van der Waals surface area (Å²) in [5.74, 6) is 0.0360. The molecule has 0 aliphatic heterocycles. The second-order valence-corrected chi connectivity index (χ2v) is 6.89. The van der Waals surface area contributed by atoms with E-state index in [9.17, 15) is 4.79 Å². The average molecular weight is 282 g/mol. The maximum atomic E-state index is 11.9. The van der Waals surface area contributed by atoms with Crippen LogP contribution in [0.1, 0.15) is 38.3 Å². The van der Waals surface area contributed by atoms with Crippen LogP contribution in [-0.2, 0) is 11.2 Å². The van der Waals surface area contributed by atoms with Gasteiger partial charge in [-0.05, 0) is 29.9 Å². The topological polar surface area (TPSA) is 29.1 Å². The van der Waals surface area contributed by atoms with Crippen LogP contribution in [-0.4, -0.2) is 17.8 Å². The Bertz CT molecular complexity index is 423. The zero-order valence-electron chi connectivity index (χ0n) is 12.3. The van der Waals surface area contributed by atoms with Crippen LogP contribution < -0.4 is 5.32 Å². The highest BCUT2D eigenvalue weighted by atomic mass is 35.5. The number of hydrogen-bond acceptors (Lipinski definition) is 1. The fourth-order valence-corrected chi connectivity index (χ4v) is 2.55. The van der Waals surface area contributed by atoms with Gasteiger partial charge in [-0.1, -0.05) is 45.0 Å². The first-order valence-corrected chi connectivity index (χ1v) is 7.17. The molecule has 0 heterocycles. The molecule has 0 bridgehead atoms. The van der Waals surface area contributed by atoms with E-state index in [0.717, 1.165) is 17.5 Å². The molecule has 1 atom stereocenters. The summed E-state index contributed by atoms with van der Waals surface area (Å²) in [6, 6.07) is 7.95. The van der Waals surface area contributed by atoms with E-state index < -0.39 is 0 Å². The van der Waals surface area contributed by atoms with Crippen molar-refractivity contribution in [2.24, 2.45) is 5.41 Å². The largest absolute Gasteiger partial charge is 0.354 e. The zero-order chi connectivity index (χ0) is 14.5. The second-order valence-electron chi connectivity index (χ2n) is 6.27. The lowest BCUT2D eigenvalue weighted by atomic mass is 9.90. The molecule has 0 saturated carbocycles. The van der Waals surface area contributed by atoms with Gasteiger partial charge < -0.3 is 5.32 Å². The number of carbonyl (C=O) groups is 1. The molecule has 19 heavy (non-hydrogen) atoms. The quantitative estimate of drug-likeness (QED) is 0.819. The van der Waals surface area contributed by atoms with Crippen molar-refractivity contribution in [3.63, 3.8) is 0 Å². The van der Waals surface area contributed by atoms with Gasteiger partial charge in [0.05, 0.1) is 11.8 Å². The molecule has 2 nitrogen and oxygen atoms in total. The van der Waals surface area contributed by atoms with Gasteiger partial charge in [0.2, 0.25) is 5.91 Å². The Morgan fingerprint density at radius 1 is 1.32 bits per heavy atom. The lowest BCUT2D eigenvalue weighted by molar-refractivity contribution is -0.120. The van der Waals surface area contributed by atoms with Gasteiger partial charge in [0.15, 0.2) is 0 Å². The Hall–Kier alpha value is -1.02. The second kappa shape index (κ2) is 6.95. The zero-order valence-corrected chi connectivity index (χ0v) is 13.1. The lowest BCUT2D eigenvalue weighted by Gasteiger charge is -2.22. The van der Waals surface area contributed by atoms with Crippen molar-refractivity contribution in [3.8, 4) is 0 Å². The van der Waals surface area contributed by atoms with Crippen LogP contribution in [0.3, 0.4) is 0 Å². The van der Waals surface area contributed by atoms with Crippen LogP contribution in [0.2, 0.25) is 0 Å². The van der Waals surface area contributed by atoms with Gasteiger partial charge in [-0.2, -0.15) is 0 Å². The monoisotopic (exact) mass is 281 g/mol. The number of carbonyl (C=O) groups excluding carboxylic acids is 1. The van der Waals surface area contributed by atoms with Crippen LogP contribution in [0.5, 0.6) is 0 Å². The van der Waals surface area contributed by atoms with Crippen molar-refractivity contribution in [2.75, 3.05) is 6.54 Å². The number of rotatable bonds is 5. The average Bonchev–Trinajstić information content (AvgIpc) is 2.27.